The van der Waals surface area contributed by atoms with Gasteiger partial charge in [-0.1, -0.05) is 25.4 Å². The molecule has 1 rings (SSSR count). The SMILES string of the molecule is CC(C)NCCCS(=O)(=O)NCc1ccc(Cl)s1. The summed E-state index contributed by atoms with van der Waals surface area (Å²) in [6, 6.07) is 3.98. The standard InChI is InChI=1S/C11H19ClN2O2S2/c1-9(2)13-6-3-7-18(15,16)14-8-10-4-5-11(12)17-10/h4-5,9,13-14H,3,6-8H2,1-2H3. The summed E-state index contributed by atoms with van der Waals surface area (Å²) in [6.07, 6.45) is 0.610. The minimum Gasteiger partial charge on any atom is -0.314 e. The van der Waals surface area contributed by atoms with Gasteiger partial charge in [0, 0.05) is 17.5 Å². The Bertz CT molecular complexity index is 457. The molecule has 0 aromatic carbocycles. The Balaban J connectivity index is 2.27. The Morgan fingerprint density at radius 1 is 1.39 bits per heavy atom. The van der Waals surface area contributed by atoms with Gasteiger partial charge >= 0.3 is 0 Å². The average Bonchev–Trinajstić information content (AvgIpc) is 2.68. The number of sulfonamides is 1. The summed E-state index contributed by atoms with van der Waals surface area (Å²) >= 11 is 7.16. The fourth-order valence-corrected chi connectivity index (χ4v) is 3.52. The van der Waals surface area contributed by atoms with E-state index in [9.17, 15) is 8.42 Å². The van der Waals surface area contributed by atoms with Crippen molar-refractivity contribution in [2.45, 2.75) is 32.9 Å². The number of rotatable bonds is 8. The highest BCUT2D eigenvalue weighted by molar-refractivity contribution is 7.89. The molecule has 1 heterocycles. The molecule has 0 aliphatic heterocycles. The van der Waals surface area contributed by atoms with E-state index in [1.165, 1.54) is 11.3 Å². The van der Waals surface area contributed by atoms with Crippen LogP contribution < -0.4 is 10.0 Å². The first kappa shape index (κ1) is 15.9. The molecule has 2 N–H and O–H groups in total. The van der Waals surface area contributed by atoms with E-state index in [2.05, 4.69) is 10.0 Å². The number of hydrogen-bond acceptors (Lipinski definition) is 4. The van der Waals surface area contributed by atoms with Gasteiger partial charge in [0.15, 0.2) is 0 Å². The largest absolute Gasteiger partial charge is 0.314 e. The van der Waals surface area contributed by atoms with Crippen LogP contribution in [0.1, 0.15) is 25.1 Å². The van der Waals surface area contributed by atoms with Gasteiger partial charge in [-0.15, -0.1) is 11.3 Å². The molecule has 0 fully saturated rings. The highest BCUT2D eigenvalue weighted by atomic mass is 35.5. The lowest BCUT2D eigenvalue weighted by Crippen LogP contribution is -2.29. The number of thiophene rings is 1. The van der Waals surface area contributed by atoms with Gasteiger partial charge in [0.1, 0.15) is 0 Å². The molecule has 1 aromatic rings. The lowest BCUT2D eigenvalue weighted by molar-refractivity contribution is 0.561. The first-order valence-electron chi connectivity index (χ1n) is 5.84. The summed E-state index contributed by atoms with van der Waals surface area (Å²) in [4.78, 5) is 0.920. The second kappa shape index (κ2) is 7.45. The number of halogens is 1. The van der Waals surface area contributed by atoms with Crippen molar-refractivity contribution >= 4 is 33.0 Å². The zero-order valence-electron chi connectivity index (χ0n) is 10.6. The van der Waals surface area contributed by atoms with Gasteiger partial charge in [0.2, 0.25) is 10.0 Å². The van der Waals surface area contributed by atoms with Crippen LogP contribution in [0.3, 0.4) is 0 Å². The zero-order valence-corrected chi connectivity index (χ0v) is 13.0. The Labute approximate surface area is 118 Å². The maximum absolute atomic E-state index is 11.7. The van der Waals surface area contributed by atoms with E-state index in [0.29, 0.717) is 29.9 Å². The van der Waals surface area contributed by atoms with E-state index >= 15 is 0 Å². The summed E-state index contributed by atoms with van der Waals surface area (Å²) in [6.45, 7) is 5.10. The zero-order chi connectivity index (χ0) is 13.6. The topological polar surface area (TPSA) is 58.2 Å². The van der Waals surface area contributed by atoms with Crippen molar-refractivity contribution in [1.29, 1.82) is 0 Å². The summed E-state index contributed by atoms with van der Waals surface area (Å²) in [5.41, 5.74) is 0. The molecule has 0 radical (unpaired) electrons. The molecule has 7 heteroatoms. The first-order chi connectivity index (χ1) is 8.39. The van der Waals surface area contributed by atoms with Gasteiger partial charge in [0.05, 0.1) is 10.1 Å². The minimum atomic E-state index is -3.19. The van der Waals surface area contributed by atoms with Crippen LogP contribution in [0.5, 0.6) is 0 Å². The first-order valence-corrected chi connectivity index (χ1v) is 8.68. The normalized spacial score (nSPS) is 12.2. The molecule has 0 amide bonds. The van der Waals surface area contributed by atoms with Crippen molar-refractivity contribution in [2.75, 3.05) is 12.3 Å². The number of nitrogens with one attached hydrogen (secondary N) is 2. The van der Waals surface area contributed by atoms with Gasteiger partial charge < -0.3 is 5.32 Å². The van der Waals surface area contributed by atoms with Crippen molar-refractivity contribution in [3.63, 3.8) is 0 Å². The smallest absolute Gasteiger partial charge is 0.211 e. The third-order valence-corrected chi connectivity index (χ3v) is 4.88. The van der Waals surface area contributed by atoms with E-state index in [4.69, 9.17) is 11.6 Å². The predicted octanol–water partition coefficient (Wildman–Crippen LogP) is 2.21. The second-order valence-corrected chi connectivity index (χ2v) is 8.03. The van der Waals surface area contributed by atoms with E-state index < -0.39 is 10.0 Å². The van der Waals surface area contributed by atoms with Gasteiger partial charge in [-0.3, -0.25) is 0 Å². The predicted molar refractivity (Wildman–Crippen MR) is 77.7 cm³/mol. The van der Waals surface area contributed by atoms with Crippen LogP contribution in [0.4, 0.5) is 0 Å². The van der Waals surface area contributed by atoms with Crippen LogP contribution in [0, 0.1) is 0 Å². The monoisotopic (exact) mass is 310 g/mol. The van der Waals surface area contributed by atoms with Crippen LogP contribution in [0.25, 0.3) is 0 Å². The van der Waals surface area contributed by atoms with E-state index in [-0.39, 0.29) is 5.75 Å². The summed E-state index contributed by atoms with van der Waals surface area (Å²) < 4.78 is 26.6. The van der Waals surface area contributed by atoms with E-state index in [1.807, 2.05) is 19.9 Å². The molecular formula is C11H19ClN2O2S2. The highest BCUT2D eigenvalue weighted by Crippen LogP contribution is 2.21. The van der Waals surface area contributed by atoms with Gasteiger partial charge in [-0.2, -0.15) is 0 Å². The molecule has 1 aromatic heterocycles. The molecule has 0 saturated carbocycles. The van der Waals surface area contributed by atoms with Gasteiger partial charge in [0.25, 0.3) is 0 Å². The van der Waals surface area contributed by atoms with Crippen LogP contribution >= 0.6 is 22.9 Å². The Hall–Kier alpha value is -0.140. The molecular weight excluding hydrogens is 292 g/mol. The third kappa shape index (κ3) is 6.70. The average molecular weight is 311 g/mol. The molecule has 104 valence electrons. The summed E-state index contributed by atoms with van der Waals surface area (Å²) in [5.74, 6) is 0.145. The van der Waals surface area contributed by atoms with Crippen molar-refractivity contribution in [1.82, 2.24) is 10.0 Å². The fraction of sp³-hybridized carbons (Fsp3) is 0.636. The molecule has 0 aliphatic rings. The van der Waals surface area contributed by atoms with Crippen LogP contribution in [-0.2, 0) is 16.6 Å². The van der Waals surface area contributed by atoms with Gasteiger partial charge in [-0.05, 0) is 25.1 Å². The van der Waals surface area contributed by atoms with E-state index in [0.717, 1.165) is 4.88 Å². The second-order valence-electron chi connectivity index (χ2n) is 4.31. The highest BCUT2D eigenvalue weighted by Gasteiger charge is 2.10. The number of hydrogen-bond donors (Lipinski definition) is 2. The summed E-state index contributed by atoms with van der Waals surface area (Å²) in [7, 11) is -3.19. The van der Waals surface area contributed by atoms with Crippen molar-refractivity contribution in [3.05, 3.63) is 21.3 Å². The molecule has 0 unspecified atom stereocenters. The summed E-state index contributed by atoms with van der Waals surface area (Å²) in [5, 5.41) is 3.19. The molecule has 18 heavy (non-hydrogen) atoms. The van der Waals surface area contributed by atoms with Crippen molar-refractivity contribution < 1.29 is 8.42 Å². The Kier molecular flexibility index (Phi) is 6.59. The lowest BCUT2D eigenvalue weighted by Gasteiger charge is -2.08. The van der Waals surface area contributed by atoms with Crippen molar-refractivity contribution in [3.8, 4) is 0 Å². The third-order valence-electron chi connectivity index (χ3n) is 2.24. The Morgan fingerprint density at radius 3 is 2.67 bits per heavy atom. The molecule has 0 atom stereocenters. The van der Waals surface area contributed by atoms with E-state index in [1.54, 1.807) is 6.07 Å². The molecule has 0 saturated heterocycles. The maximum Gasteiger partial charge on any atom is 0.211 e. The Morgan fingerprint density at radius 2 is 2.11 bits per heavy atom. The van der Waals surface area contributed by atoms with Crippen LogP contribution in [0.15, 0.2) is 12.1 Å². The maximum atomic E-state index is 11.7. The lowest BCUT2D eigenvalue weighted by atomic mass is 10.4. The minimum absolute atomic E-state index is 0.145. The van der Waals surface area contributed by atoms with Crippen LogP contribution in [-0.4, -0.2) is 26.8 Å². The molecule has 4 nitrogen and oxygen atoms in total. The molecule has 0 spiro atoms. The van der Waals surface area contributed by atoms with Gasteiger partial charge in [-0.25, -0.2) is 13.1 Å². The molecule has 0 bridgehead atoms. The quantitative estimate of drug-likeness (QED) is 0.724. The van der Waals surface area contributed by atoms with Crippen molar-refractivity contribution in [2.24, 2.45) is 0 Å². The van der Waals surface area contributed by atoms with Crippen LogP contribution in [0.2, 0.25) is 4.34 Å². The fourth-order valence-electron chi connectivity index (χ4n) is 1.35. The molecule has 0 aliphatic carbocycles.